The van der Waals surface area contributed by atoms with Crippen molar-refractivity contribution in [2.45, 2.75) is 6.92 Å². The summed E-state index contributed by atoms with van der Waals surface area (Å²) in [5.74, 6) is 0. The van der Waals surface area contributed by atoms with Crippen LogP contribution in [0.2, 0.25) is 0 Å². The van der Waals surface area contributed by atoms with Gasteiger partial charge in [-0.2, -0.15) is 4.40 Å². The first-order valence-corrected chi connectivity index (χ1v) is 9.30. The van der Waals surface area contributed by atoms with Crippen molar-refractivity contribution in [3.05, 3.63) is 109 Å². The predicted molar refractivity (Wildman–Crippen MR) is 113 cm³/mol. The maximum Gasteiger partial charge on any atom is 0.219 e. The molecule has 1 nitrogen and oxygen atoms in total. The normalized spacial score (nSPS) is 11.1. The van der Waals surface area contributed by atoms with E-state index in [-0.39, 0.29) is 0 Å². The monoisotopic (exact) mass is 346 g/mol. The lowest BCUT2D eigenvalue weighted by atomic mass is 9.90. The second-order valence-electron chi connectivity index (χ2n) is 6.96. The Morgan fingerprint density at radius 3 is 1.89 bits per heavy atom. The van der Waals surface area contributed by atoms with Gasteiger partial charge in [0.05, 0.1) is 10.9 Å². The Morgan fingerprint density at radius 1 is 0.556 bits per heavy atom. The van der Waals surface area contributed by atoms with Crippen LogP contribution in [0, 0.1) is 6.92 Å². The molecule has 0 spiro atoms. The summed E-state index contributed by atoms with van der Waals surface area (Å²) in [6.45, 7) is 2.16. The van der Waals surface area contributed by atoms with Crippen LogP contribution in [0.4, 0.5) is 0 Å². The average molecular weight is 346 g/mol. The molecule has 2 aromatic heterocycles. The quantitative estimate of drug-likeness (QED) is 0.264. The van der Waals surface area contributed by atoms with Crippen LogP contribution in [0.3, 0.4) is 0 Å². The van der Waals surface area contributed by atoms with Gasteiger partial charge in [0.25, 0.3) is 0 Å². The topological polar surface area (TPSA) is 4.10 Å². The molecule has 0 aliphatic carbocycles. The zero-order valence-electron chi connectivity index (χ0n) is 15.3. The van der Waals surface area contributed by atoms with Crippen molar-refractivity contribution in [3.8, 4) is 22.3 Å². The minimum Gasteiger partial charge on any atom is -0.159 e. The van der Waals surface area contributed by atoms with Crippen molar-refractivity contribution in [2.24, 2.45) is 0 Å². The molecular formula is C26H20N+. The SMILES string of the molecule is Cc1ccc2c(c1)c(-c1ccccc1)c(-c1ccccc1)c1cccc[n+]12. The smallest absolute Gasteiger partial charge is 0.159 e. The third kappa shape index (κ3) is 2.60. The molecule has 27 heavy (non-hydrogen) atoms. The number of hydrogen-bond acceptors (Lipinski definition) is 0. The minimum atomic E-state index is 1.22. The van der Waals surface area contributed by atoms with Crippen molar-refractivity contribution in [3.63, 3.8) is 0 Å². The molecule has 0 bridgehead atoms. The highest BCUT2D eigenvalue weighted by Crippen LogP contribution is 2.39. The van der Waals surface area contributed by atoms with E-state index >= 15 is 0 Å². The Bertz CT molecular complexity index is 1260. The van der Waals surface area contributed by atoms with Crippen molar-refractivity contribution in [2.75, 3.05) is 0 Å². The molecule has 0 fully saturated rings. The molecule has 1 heteroatoms. The minimum absolute atomic E-state index is 1.22. The number of aryl methyl sites for hydroxylation is 1. The van der Waals surface area contributed by atoms with E-state index in [2.05, 4.69) is 115 Å². The first-order valence-electron chi connectivity index (χ1n) is 9.30. The highest BCUT2D eigenvalue weighted by atomic mass is 14.9. The number of nitrogens with zero attached hydrogens (tertiary/aromatic N) is 1. The molecule has 0 saturated heterocycles. The highest BCUT2D eigenvalue weighted by Gasteiger charge is 2.22. The van der Waals surface area contributed by atoms with Gasteiger partial charge in [0.15, 0.2) is 6.20 Å². The summed E-state index contributed by atoms with van der Waals surface area (Å²) in [5.41, 5.74) is 8.79. The average Bonchev–Trinajstić information content (AvgIpc) is 2.74. The van der Waals surface area contributed by atoms with Crippen LogP contribution in [-0.4, -0.2) is 0 Å². The molecule has 0 amide bonds. The van der Waals surface area contributed by atoms with Gasteiger partial charge in [0.1, 0.15) is 0 Å². The van der Waals surface area contributed by atoms with Gasteiger partial charge in [0.2, 0.25) is 11.0 Å². The van der Waals surface area contributed by atoms with Crippen molar-refractivity contribution >= 4 is 16.4 Å². The Morgan fingerprint density at radius 2 is 1.19 bits per heavy atom. The van der Waals surface area contributed by atoms with Gasteiger partial charge in [-0.1, -0.05) is 72.3 Å². The lowest BCUT2D eigenvalue weighted by Gasteiger charge is -2.14. The van der Waals surface area contributed by atoms with Gasteiger partial charge in [-0.25, -0.2) is 0 Å². The first-order chi connectivity index (χ1) is 13.3. The number of hydrogen-bond donors (Lipinski definition) is 0. The second kappa shape index (κ2) is 6.37. The summed E-state index contributed by atoms with van der Waals surface area (Å²) < 4.78 is 2.31. The number of aromatic nitrogens is 1. The summed E-state index contributed by atoms with van der Waals surface area (Å²) in [5, 5.41) is 1.28. The molecule has 0 radical (unpaired) electrons. The zero-order chi connectivity index (χ0) is 18.2. The van der Waals surface area contributed by atoms with E-state index in [1.54, 1.807) is 0 Å². The van der Waals surface area contributed by atoms with Gasteiger partial charge in [-0.3, -0.25) is 0 Å². The first kappa shape index (κ1) is 15.8. The number of rotatable bonds is 2. The molecule has 2 heterocycles. The molecule has 0 unspecified atom stereocenters. The van der Waals surface area contributed by atoms with E-state index in [4.69, 9.17) is 0 Å². The van der Waals surface area contributed by atoms with Crippen molar-refractivity contribution in [1.29, 1.82) is 0 Å². The van der Waals surface area contributed by atoms with Gasteiger partial charge in [-0.05, 0) is 30.2 Å². The van der Waals surface area contributed by atoms with Crippen LogP contribution in [-0.2, 0) is 0 Å². The maximum absolute atomic E-state index is 2.31. The van der Waals surface area contributed by atoms with Crippen LogP contribution < -0.4 is 4.40 Å². The van der Waals surface area contributed by atoms with Gasteiger partial charge in [-0.15, -0.1) is 0 Å². The summed E-state index contributed by atoms with van der Waals surface area (Å²) in [6.07, 6.45) is 2.16. The lowest BCUT2D eigenvalue weighted by molar-refractivity contribution is -0.481. The van der Waals surface area contributed by atoms with Crippen LogP contribution in [0.15, 0.2) is 103 Å². The molecule has 5 aromatic rings. The van der Waals surface area contributed by atoms with Crippen molar-refractivity contribution in [1.82, 2.24) is 0 Å². The largest absolute Gasteiger partial charge is 0.219 e. The van der Waals surface area contributed by atoms with E-state index < -0.39 is 0 Å². The molecule has 0 saturated carbocycles. The summed E-state index contributed by atoms with van der Waals surface area (Å²) in [4.78, 5) is 0. The number of fused-ring (bicyclic) bond motifs is 3. The fourth-order valence-electron chi connectivity index (χ4n) is 3.98. The van der Waals surface area contributed by atoms with Crippen LogP contribution in [0.1, 0.15) is 5.56 Å². The van der Waals surface area contributed by atoms with Gasteiger partial charge in [0, 0.05) is 23.8 Å². The van der Waals surface area contributed by atoms with E-state index in [1.807, 2.05) is 0 Å². The summed E-state index contributed by atoms with van der Waals surface area (Å²) in [6, 6.07) is 34.6. The van der Waals surface area contributed by atoms with Gasteiger partial charge < -0.3 is 0 Å². The van der Waals surface area contributed by atoms with Gasteiger partial charge >= 0.3 is 0 Å². The molecule has 5 rings (SSSR count). The summed E-state index contributed by atoms with van der Waals surface area (Å²) >= 11 is 0. The molecular weight excluding hydrogens is 326 g/mol. The third-order valence-corrected chi connectivity index (χ3v) is 5.17. The maximum atomic E-state index is 2.31. The molecule has 0 N–H and O–H groups in total. The molecule has 128 valence electrons. The fraction of sp³-hybridized carbons (Fsp3) is 0.0385. The van der Waals surface area contributed by atoms with Crippen LogP contribution in [0.5, 0.6) is 0 Å². The van der Waals surface area contributed by atoms with Crippen LogP contribution >= 0.6 is 0 Å². The van der Waals surface area contributed by atoms with Crippen molar-refractivity contribution < 1.29 is 4.40 Å². The Labute approximate surface area is 159 Å². The standard InChI is InChI=1S/C26H20N/c1-19-15-16-23-22(18-19)25(20-10-4-2-5-11-20)26(21-12-6-3-7-13-21)24-14-8-9-17-27(23)24/h2-18H,1H3/q+1. The van der Waals surface area contributed by atoms with E-state index in [0.29, 0.717) is 0 Å². The number of pyridine rings is 2. The predicted octanol–water partition coefficient (Wildman–Crippen LogP) is 6.22. The molecule has 0 atom stereocenters. The Kier molecular flexibility index (Phi) is 3.72. The summed E-state index contributed by atoms with van der Waals surface area (Å²) in [7, 11) is 0. The lowest BCUT2D eigenvalue weighted by Crippen LogP contribution is -2.23. The zero-order valence-corrected chi connectivity index (χ0v) is 15.3. The third-order valence-electron chi connectivity index (χ3n) is 5.17. The van der Waals surface area contributed by atoms with E-state index in [1.165, 1.54) is 44.2 Å². The number of benzene rings is 3. The fourth-order valence-corrected chi connectivity index (χ4v) is 3.98. The highest BCUT2D eigenvalue weighted by molar-refractivity contribution is 6.05. The Hall–Kier alpha value is -3.45. The van der Waals surface area contributed by atoms with E-state index in [0.717, 1.165) is 0 Å². The second-order valence-corrected chi connectivity index (χ2v) is 6.96. The molecule has 0 aliphatic rings. The molecule has 0 aliphatic heterocycles. The van der Waals surface area contributed by atoms with Crippen LogP contribution in [0.25, 0.3) is 38.7 Å². The molecule has 3 aromatic carbocycles. The Balaban J connectivity index is 2.07. The van der Waals surface area contributed by atoms with E-state index in [9.17, 15) is 0 Å².